The molecular weight excluding hydrogens is 302 g/mol. The van der Waals surface area contributed by atoms with Crippen LogP contribution in [0.4, 0.5) is 0 Å². The molecular formula is C20H21NO3. The number of nitrogens with zero attached hydrogens (tertiary/aromatic N) is 1. The van der Waals surface area contributed by atoms with Crippen molar-refractivity contribution in [2.24, 2.45) is 0 Å². The van der Waals surface area contributed by atoms with Crippen molar-refractivity contribution in [2.45, 2.75) is 26.9 Å². The zero-order chi connectivity index (χ0) is 16.8. The van der Waals surface area contributed by atoms with Crippen LogP contribution in [0.2, 0.25) is 0 Å². The van der Waals surface area contributed by atoms with Crippen LogP contribution in [-0.2, 0) is 6.61 Å². The molecule has 124 valence electrons. The highest BCUT2D eigenvalue weighted by atomic mass is 16.5. The summed E-state index contributed by atoms with van der Waals surface area (Å²) in [5.74, 6) is 2.07. The van der Waals surface area contributed by atoms with E-state index in [9.17, 15) is 0 Å². The Bertz CT molecular complexity index is 778. The van der Waals surface area contributed by atoms with Gasteiger partial charge in [0.2, 0.25) is 5.89 Å². The Balaban J connectivity index is 1.66. The van der Waals surface area contributed by atoms with Crippen LogP contribution >= 0.6 is 0 Å². The van der Waals surface area contributed by atoms with Gasteiger partial charge in [0.25, 0.3) is 0 Å². The molecule has 3 rings (SSSR count). The van der Waals surface area contributed by atoms with Gasteiger partial charge in [0.15, 0.2) is 11.5 Å². The van der Waals surface area contributed by atoms with E-state index in [4.69, 9.17) is 13.9 Å². The van der Waals surface area contributed by atoms with Gasteiger partial charge in [-0.05, 0) is 37.6 Å². The van der Waals surface area contributed by atoms with E-state index >= 15 is 0 Å². The standard InChI is InChI=1S/C20H21NO3/c1-3-12-22-18-6-4-5-7-19(18)23-13-17-14-24-20(21-17)16-10-8-15(2)9-11-16/h4-11,14H,3,12-13H2,1-2H3. The summed E-state index contributed by atoms with van der Waals surface area (Å²) in [6.07, 6.45) is 2.59. The molecule has 0 bridgehead atoms. The topological polar surface area (TPSA) is 44.5 Å². The Morgan fingerprint density at radius 3 is 2.38 bits per heavy atom. The summed E-state index contributed by atoms with van der Waals surface area (Å²) in [5, 5.41) is 0. The zero-order valence-electron chi connectivity index (χ0n) is 14.0. The summed E-state index contributed by atoms with van der Waals surface area (Å²) in [6.45, 7) is 5.13. The Hall–Kier alpha value is -2.75. The molecule has 4 heteroatoms. The van der Waals surface area contributed by atoms with Gasteiger partial charge in [-0.1, -0.05) is 36.8 Å². The lowest BCUT2D eigenvalue weighted by Gasteiger charge is -2.11. The second-order valence-corrected chi connectivity index (χ2v) is 5.59. The van der Waals surface area contributed by atoms with Crippen LogP contribution in [0.1, 0.15) is 24.6 Å². The number of rotatable bonds is 7. The van der Waals surface area contributed by atoms with E-state index in [1.165, 1.54) is 5.56 Å². The Labute approximate surface area is 142 Å². The van der Waals surface area contributed by atoms with Crippen molar-refractivity contribution in [3.8, 4) is 23.0 Å². The molecule has 0 atom stereocenters. The maximum absolute atomic E-state index is 5.84. The maximum atomic E-state index is 5.84. The summed E-state index contributed by atoms with van der Waals surface area (Å²) in [7, 11) is 0. The van der Waals surface area contributed by atoms with Crippen LogP contribution in [0.3, 0.4) is 0 Å². The largest absolute Gasteiger partial charge is 0.490 e. The van der Waals surface area contributed by atoms with Crippen molar-refractivity contribution < 1.29 is 13.9 Å². The molecule has 0 spiro atoms. The highest BCUT2D eigenvalue weighted by molar-refractivity contribution is 5.53. The van der Waals surface area contributed by atoms with Gasteiger partial charge >= 0.3 is 0 Å². The number of hydrogen-bond donors (Lipinski definition) is 0. The van der Waals surface area contributed by atoms with Gasteiger partial charge in [0, 0.05) is 5.56 Å². The minimum atomic E-state index is 0.335. The summed E-state index contributed by atoms with van der Waals surface area (Å²) in [6, 6.07) is 15.7. The molecule has 0 aliphatic heterocycles. The molecule has 0 unspecified atom stereocenters. The Morgan fingerprint density at radius 2 is 1.67 bits per heavy atom. The number of hydrogen-bond acceptors (Lipinski definition) is 4. The summed E-state index contributed by atoms with van der Waals surface area (Å²) in [5.41, 5.74) is 2.91. The molecule has 3 aromatic rings. The minimum Gasteiger partial charge on any atom is -0.490 e. The number of para-hydroxylation sites is 2. The molecule has 0 radical (unpaired) electrons. The lowest BCUT2D eigenvalue weighted by atomic mass is 10.1. The number of ether oxygens (including phenoxy) is 2. The third kappa shape index (κ3) is 3.96. The van der Waals surface area contributed by atoms with Gasteiger partial charge < -0.3 is 13.9 Å². The summed E-state index contributed by atoms with van der Waals surface area (Å²) >= 11 is 0. The average molecular weight is 323 g/mol. The molecule has 2 aromatic carbocycles. The first kappa shape index (κ1) is 16.1. The van der Waals surface area contributed by atoms with E-state index in [0.717, 1.165) is 23.4 Å². The van der Waals surface area contributed by atoms with Gasteiger partial charge in [-0.25, -0.2) is 4.98 Å². The van der Waals surface area contributed by atoms with E-state index in [1.54, 1.807) is 6.26 Å². The van der Waals surface area contributed by atoms with Crippen molar-refractivity contribution in [1.82, 2.24) is 4.98 Å². The highest BCUT2D eigenvalue weighted by Gasteiger charge is 2.09. The average Bonchev–Trinajstić information content (AvgIpc) is 3.08. The van der Waals surface area contributed by atoms with Crippen molar-refractivity contribution in [1.29, 1.82) is 0 Å². The van der Waals surface area contributed by atoms with Gasteiger partial charge in [0.1, 0.15) is 18.6 Å². The number of aromatic nitrogens is 1. The molecule has 0 saturated carbocycles. The number of benzene rings is 2. The molecule has 0 aliphatic rings. The number of aryl methyl sites for hydroxylation is 1. The van der Waals surface area contributed by atoms with Crippen LogP contribution < -0.4 is 9.47 Å². The first-order valence-corrected chi connectivity index (χ1v) is 8.12. The molecule has 0 N–H and O–H groups in total. The highest BCUT2D eigenvalue weighted by Crippen LogP contribution is 2.27. The predicted molar refractivity (Wildman–Crippen MR) is 93.2 cm³/mol. The second kappa shape index (κ2) is 7.68. The molecule has 1 heterocycles. The van der Waals surface area contributed by atoms with E-state index in [1.807, 2.05) is 48.5 Å². The summed E-state index contributed by atoms with van der Waals surface area (Å²) < 4.78 is 17.1. The van der Waals surface area contributed by atoms with E-state index in [2.05, 4.69) is 18.8 Å². The van der Waals surface area contributed by atoms with Gasteiger partial charge in [-0.3, -0.25) is 0 Å². The zero-order valence-corrected chi connectivity index (χ0v) is 14.0. The molecule has 4 nitrogen and oxygen atoms in total. The molecule has 0 saturated heterocycles. The Kier molecular flexibility index (Phi) is 5.16. The fourth-order valence-corrected chi connectivity index (χ4v) is 2.25. The quantitative estimate of drug-likeness (QED) is 0.612. The van der Waals surface area contributed by atoms with Gasteiger partial charge in [0.05, 0.1) is 6.61 Å². The smallest absolute Gasteiger partial charge is 0.226 e. The summed E-state index contributed by atoms with van der Waals surface area (Å²) in [4.78, 5) is 4.48. The molecule has 24 heavy (non-hydrogen) atoms. The van der Waals surface area contributed by atoms with Gasteiger partial charge in [-0.2, -0.15) is 0 Å². The molecule has 0 aliphatic carbocycles. The minimum absolute atomic E-state index is 0.335. The van der Waals surface area contributed by atoms with Crippen molar-refractivity contribution in [3.05, 3.63) is 66.1 Å². The lowest BCUT2D eigenvalue weighted by Crippen LogP contribution is -2.00. The Morgan fingerprint density at radius 1 is 0.958 bits per heavy atom. The molecule has 0 amide bonds. The first-order valence-electron chi connectivity index (χ1n) is 8.12. The second-order valence-electron chi connectivity index (χ2n) is 5.59. The molecule has 1 aromatic heterocycles. The van der Waals surface area contributed by atoms with Crippen LogP contribution in [0.15, 0.2) is 59.2 Å². The third-order valence-corrected chi connectivity index (χ3v) is 3.54. The maximum Gasteiger partial charge on any atom is 0.226 e. The fraction of sp³-hybridized carbons (Fsp3) is 0.250. The van der Waals surface area contributed by atoms with Crippen LogP contribution in [0, 0.1) is 6.92 Å². The lowest BCUT2D eigenvalue weighted by molar-refractivity contribution is 0.259. The first-order chi connectivity index (χ1) is 11.8. The SMILES string of the molecule is CCCOc1ccccc1OCc1coc(-c2ccc(C)cc2)n1. The van der Waals surface area contributed by atoms with Crippen molar-refractivity contribution in [2.75, 3.05) is 6.61 Å². The third-order valence-electron chi connectivity index (χ3n) is 3.54. The van der Waals surface area contributed by atoms with E-state index in [0.29, 0.717) is 24.9 Å². The fourth-order valence-electron chi connectivity index (χ4n) is 2.25. The van der Waals surface area contributed by atoms with Crippen molar-refractivity contribution in [3.63, 3.8) is 0 Å². The molecule has 0 fully saturated rings. The van der Waals surface area contributed by atoms with Gasteiger partial charge in [-0.15, -0.1) is 0 Å². The normalized spacial score (nSPS) is 10.6. The van der Waals surface area contributed by atoms with E-state index in [-0.39, 0.29) is 0 Å². The monoisotopic (exact) mass is 323 g/mol. The van der Waals surface area contributed by atoms with Crippen LogP contribution in [0.25, 0.3) is 11.5 Å². The van der Waals surface area contributed by atoms with Crippen LogP contribution in [-0.4, -0.2) is 11.6 Å². The van der Waals surface area contributed by atoms with Crippen LogP contribution in [0.5, 0.6) is 11.5 Å². The van der Waals surface area contributed by atoms with E-state index < -0.39 is 0 Å². The predicted octanol–water partition coefficient (Wildman–Crippen LogP) is 5.02. The number of oxazole rings is 1. The van der Waals surface area contributed by atoms with Crippen molar-refractivity contribution >= 4 is 0 Å².